The Kier molecular flexibility index (Phi) is 6.35. The standard InChI is InChI=1S/C19H31N3O3S/c1-4-19(21-10-9-17-7-5-6-8-18(17)14-21)11-20-26(23,24)22-12-15(2)25-16(3)13-22/h5-8,15-16,19-20H,4,9-14H2,1-3H3/t15-,16+,19-/m0/s1. The minimum Gasteiger partial charge on any atom is -0.373 e. The van der Waals surface area contributed by atoms with Crippen LogP contribution in [-0.4, -0.2) is 62.1 Å². The van der Waals surface area contributed by atoms with Gasteiger partial charge in [-0.15, -0.1) is 0 Å². The molecule has 2 aliphatic rings. The van der Waals surface area contributed by atoms with E-state index in [1.54, 1.807) is 0 Å². The lowest BCUT2D eigenvalue weighted by atomic mass is 9.98. The van der Waals surface area contributed by atoms with E-state index in [0.29, 0.717) is 19.6 Å². The van der Waals surface area contributed by atoms with Gasteiger partial charge in [-0.1, -0.05) is 31.2 Å². The molecule has 0 aliphatic carbocycles. The Labute approximate surface area is 157 Å². The highest BCUT2D eigenvalue weighted by molar-refractivity contribution is 7.87. The van der Waals surface area contributed by atoms with Crippen molar-refractivity contribution in [2.75, 3.05) is 26.2 Å². The molecule has 0 bridgehead atoms. The molecule has 3 atom stereocenters. The minimum absolute atomic E-state index is 0.0732. The molecule has 0 spiro atoms. The van der Waals surface area contributed by atoms with E-state index < -0.39 is 10.2 Å². The second-order valence-corrected chi connectivity index (χ2v) is 9.23. The van der Waals surface area contributed by atoms with Crippen LogP contribution in [0.3, 0.4) is 0 Å². The summed E-state index contributed by atoms with van der Waals surface area (Å²) in [5.41, 5.74) is 2.77. The summed E-state index contributed by atoms with van der Waals surface area (Å²) in [5.74, 6) is 0. The Bertz CT molecular complexity index is 700. The Morgan fingerprint density at radius 3 is 2.50 bits per heavy atom. The zero-order valence-corrected chi connectivity index (χ0v) is 16.8. The molecule has 2 heterocycles. The van der Waals surface area contributed by atoms with Gasteiger partial charge >= 0.3 is 0 Å². The number of morpholine rings is 1. The molecular formula is C19H31N3O3S. The fraction of sp³-hybridized carbons (Fsp3) is 0.684. The molecule has 1 N–H and O–H groups in total. The molecule has 0 saturated carbocycles. The summed E-state index contributed by atoms with van der Waals surface area (Å²) in [7, 11) is -3.48. The molecule has 0 unspecified atom stereocenters. The molecule has 1 aromatic rings. The number of hydrogen-bond donors (Lipinski definition) is 1. The minimum atomic E-state index is -3.48. The lowest BCUT2D eigenvalue weighted by Crippen LogP contribution is -2.54. The number of nitrogens with zero attached hydrogens (tertiary/aromatic N) is 2. The van der Waals surface area contributed by atoms with Gasteiger partial charge in [-0.05, 0) is 37.8 Å². The first kappa shape index (κ1) is 19.8. The average Bonchev–Trinajstić information content (AvgIpc) is 2.61. The third-order valence-corrected chi connectivity index (χ3v) is 6.88. The summed E-state index contributed by atoms with van der Waals surface area (Å²) in [4.78, 5) is 2.40. The van der Waals surface area contributed by atoms with E-state index in [4.69, 9.17) is 4.74 Å². The third-order valence-electron chi connectivity index (χ3n) is 5.38. The number of ether oxygens (including phenoxy) is 1. The van der Waals surface area contributed by atoms with E-state index in [-0.39, 0.29) is 18.2 Å². The fourth-order valence-corrected chi connectivity index (χ4v) is 5.38. The lowest BCUT2D eigenvalue weighted by molar-refractivity contribution is -0.0444. The number of nitrogens with one attached hydrogen (secondary N) is 1. The van der Waals surface area contributed by atoms with Crippen LogP contribution in [0.25, 0.3) is 0 Å². The van der Waals surface area contributed by atoms with Crippen molar-refractivity contribution in [3.63, 3.8) is 0 Å². The van der Waals surface area contributed by atoms with Crippen molar-refractivity contribution in [1.82, 2.24) is 13.9 Å². The van der Waals surface area contributed by atoms with E-state index in [0.717, 1.165) is 25.9 Å². The largest absolute Gasteiger partial charge is 0.373 e. The van der Waals surface area contributed by atoms with Crippen molar-refractivity contribution in [2.45, 2.75) is 58.4 Å². The van der Waals surface area contributed by atoms with E-state index >= 15 is 0 Å². The van der Waals surface area contributed by atoms with Crippen LogP contribution in [0.1, 0.15) is 38.3 Å². The van der Waals surface area contributed by atoms with Crippen LogP contribution < -0.4 is 4.72 Å². The quantitative estimate of drug-likeness (QED) is 0.816. The average molecular weight is 382 g/mol. The molecule has 0 amide bonds. The van der Waals surface area contributed by atoms with Crippen LogP contribution in [0.5, 0.6) is 0 Å². The van der Waals surface area contributed by atoms with Gasteiger partial charge in [0.15, 0.2) is 0 Å². The second-order valence-electron chi connectivity index (χ2n) is 7.48. The van der Waals surface area contributed by atoms with Crippen molar-refractivity contribution < 1.29 is 13.2 Å². The molecule has 7 heteroatoms. The molecule has 26 heavy (non-hydrogen) atoms. The van der Waals surface area contributed by atoms with Crippen LogP contribution in [0.4, 0.5) is 0 Å². The van der Waals surface area contributed by atoms with Crippen molar-refractivity contribution in [2.24, 2.45) is 0 Å². The normalized spacial score (nSPS) is 26.4. The molecule has 146 valence electrons. The van der Waals surface area contributed by atoms with Gasteiger partial charge in [-0.25, -0.2) is 4.72 Å². The van der Waals surface area contributed by atoms with Gasteiger partial charge in [-0.2, -0.15) is 12.7 Å². The maximum absolute atomic E-state index is 12.7. The maximum Gasteiger partial charge on any atom is 0.279 e. The summed E-state index contributed by atoms with van der Waals surface area (Å²) in [6, 6.07) is 8.73. The van der Waals surface area contributed by atoms with Crippen molar-refractivity contribution in [1.29, 1.82) is 0 Å². The Balaban J connectivity index is 1.60. The SMILES string of the molecule is CC[C@@H](CNS(=O)(=O)N1C[C@@H](C)O[C@@H](C)C1)N1CCc2ccccc2C1. The van der Waals surface area contributed by atoms with Gasteiger partial charge in [0.1, 0.15) is 0 Å². The van der Waals surface area contributed by atoms with E-state index in [2.05, 4.69) is 40.8 Å². The monoisotopic (exact) mass is 381 g/mol. The van der Waals surface area contributed by atoms with Gasteiger partial charge in [0, 0.05) is 38.8 Å². The van der Waals surface area contributed by atoms with Crippen LogP contribution in [0.15, 0.2) is 24.3 Å². The first-order valence-electron chi connectivity index (χ1n) is 9.60. The molecule has 1 saturated heterocycles. The third kappa shape index (κ3) is 4.64. The van der Waals surface area contributed by atoms with Crippen LogP contribution in [-0.2, 0) is 27.9 Å². The predicted octanol–water partition coefficient (Wildman–Crippen LogP) is 1.77. The van der Waals surface area contributed by atoms with Gasteiger partial charge in [0.2, 0.25) is 0 Å². The molecule has 2 aliphatic heterocycles. The van der Waals surface area contributed by atoms with Crippen LogP contribution in [0, 0.1) is 0 Å². The van der Waals surface area contributed by atoms with Gasteiger partial charge < -0.3 is 4.74 Å². The van der Waals surface area contributed by atoms with Crippen molar-refractivity contribution in [3.8, 4) is 0 Å². The van der Waals surface area contributed by atoms with E-state index in [1.165, 1.54) is 15.4 Å². The van der Waals surface area contributed by atoms with Gasteiger partial charge in [-0.3, -0.25) is 4.90 Å². The van der Waals surface area contributed by atoms with Crippen LogP contribution >= 0.6 is 0 Å². The van der Waals surface area contributed by atoms with Gasteiger partial charge in [0.05, 0.1) is 12.2 Å². The molecule has 0 aromatic heterocycles. The van der Waals surface area contributed by atoms with Gasteiger partial charge in [0.25, 0.3) is 10.2 Å². The predicted molar refractivity (Wildman–Crippen MR) is 103 cm³/mol. The fourth-order valence-electron chi connectivity index (χ4n) is 3.98. The Hall–Kier alpha value is -0.990. The Morgan fingerprint density at radius 2 is 1.85 bits per heavy atom. The zero-order valence-electron chi connectivity index (χ0n) is 16.0. The summed E-state index contributed by atoms with van der Waals surface area (Å²) >= 11 is 0. The first-order valence-corrected chi connectivity index (χ1v) is 11.0. The van der Waals surface area contributed by atoms with Crippen molar-refractivity contribution in [3.05, 3.63) is 35.4 Å². The lowest BCUT2D eigenvalue weighted by Gasteiger charge is -2.37. The first-order chi connectivity index (χ1) is 12.4. The highest BCUT2D eigenvalue weighted by Crippen LogP contribution is 2.21. The second kappa shape index (κ2) is 8.35. The number of fused-ring (bicyclic) bond motifs is 1. The number of hydrogen-bond acceptors (Lipinski definition) is 4. The van der Waals surface area contributed by atoms with E-state index in [1.807, 2.05) is 13.8 Å². The maximum atomic E-state index is 12.7. The highest BCUT2D eigenvalue weighted by Gasteiger charge is 2.32. The summed E-state index contributed by atoms with van der Waals surface area (Å²) in [6.45, 7) is 9.09. The van der Waals surface area contributed by atoms with Crippen molar-refractivity contribution >= 4 is 10.2 Å². The molecule has 1 aromatic carbocycles. The number of rotatable bonds is 6. The molecule has 6 nitrogen and oxygen atoms in total. The highest BCUT2D eigenvalue weighted by atomic mass is 32.2. The molecule has 3 rings (SSSR count). The number of benzene rings is 1. The molecule has 1 fully saturated rings. The summed E-state index contributed by atoms with van der Waals surface area (Å²) < 4.78 is 35.4. The molecule has 0 radical (unpaired) electrons. The zero-order chi connectivity index (χ0) is 18.7. The Morgan fingerprint density at radius 1 is 1.19 bits per heavy atom. The topological polar surface area (TPSA) is 61.9 Å². The smallest absolute Gasteiger partial charge is 0.279 e. The summed E-state index contributed by atoms with van der Waals surface area (Å²) in [5, 5.41) is 0. The van der Waals surface area contributed by atoms with Crippen LogP contribution in [0.2, 0.25) is 0 Å². The van der Waals surface area contributed by atoms with E-state index in [9.17, 15) is 8.42 Å². The summed E-state index contributed by atoms with van der Waals surface area (Å²) in [6.07, 6.45) is 1.80. The molecular weight excluding hydrogens is 350 g/mol.